The lowest BCUT2D eigenvalue weighted by Gasteiger charge is -2.07. The molecule has 2 aromatic heterocycles. The minimum atomic E-state index is 0.864. The van der Waals surface area contributed by atoms with Gasteiger partial charge in [0.15, 0.2) is 10.8 Å². The summed E-state index contributed by atoms with van der Waals surface area (Å²) >= 11 is 5.24. The summed E-state index contributed by atoms with van der Waals surface area (Å²) in [7, 11) is 0. The third kappa shape index (κ3) is 3.28. The SMILES string of the molecule is CCNCc1ccc(Sc2nnc3ccccn23)cc1Br. The van der Waals surface area contributed by atoms with Crippen molar-refractivity contribution in [2.24, 2.45) is 0 Å². The molecule has 4 nitrogen and oxygen atoms in total. The Morgan fingerprint density at radius 2 is 2.14 bits per heavy atom. The number of nitrogens with one attached hydrogen (secondary N) is 1. The molecular formula is C15H15BrN4S. The van der Waals surface area contributed by atoms with Crippen molar-refractivity contribution < 1.29 is 0 Å². The fraction of sp³-hybridized carbons (Fsp3) is 0.200. The molecule has 1 N–H and O–H groups in total. The molecule has 0 radical (unpaired) electrons. The fourth-order valence-electron chi connectivity index (χ4n) is 1.99. The molecule has 3 rings (SSSR count). The number of aromatic nitrogens is 3. The van der Waals surface area contributed by atoms with Crippen LogP contribution in [0.3, 0.4) is 0 Å². The van der Waals surface area contributed by atoms with Crippen molar-refractivity contribution >= 4 is 33.3 Å². The zero-order chi connectivity index (χ0) is 14.7. The Morgan fingerprint density at radius 3 is 2.95 bits per heavy atom. The van der Waals surface area contributed by atoms with Gasteiger partial charge in [-0.15, -0.1) is 10.2 Å². The highest BCUT2D eigenvalue weighted by atomic mass is 79.9. The summed E-state index contributed by atoms with van der Waals surface area (Å²) in [6, 6.07) is 12.3. The number of halogens is 1. The molecule has 2 heterocycles. The summed E-state index contributed by atoms with van der Waals surface area (Å²) < 4.78 is 3.10. The molecule has 0 aliphatic carbocycles. The van der Waals surface area contributed by atoms with Gasteiger partial charge in [0, 0.05) is 22.1 Å². The molecule has 0 atom stereocenters. The van der Waals surface area contributed by atoms with Gasteiger partial charge in [-0.25, -0.2) is 0 Å². The van der Waals surface area contributed by atoms with E-state index >= 15 is 0 Å². The lowest BCUT2D eigenvalue weighted by molar-refractivity contribution is 0.724. The highest BCUT2D eigenvalue weighted by Crippen LogP contribution is 2.30. The van der Waals surface area contributed by atoms with Gasteiger partial charge in [0.05, 0.1) is 0 Å². The maximum absolute atomic E-state index is 4.24. The van der Waals surface area contributed by atoms with Crippen LogP contribution in [0, 0.1) is 0 Å². The van der Waals surface area contributed by atoms with Gasteiger partial charge < -0.3 is 5.32 Å². The van der Waals surface area contributed by atoms with Crippen molar-refractivity contribution in [3.05, 3.63) is 52.6 Å². The predicted octanol–water partition coefficient (Wildman–Crippen LogP) is 3.75. The molecule has 0 amide bonds. The van der Waals surface area contributed by atoms with E-state index in [4.69, 9.17) is 0 Å². The van der Waals surface area contributed by atoms with Gasteiger partial charge in [-0.1, -0.05) is 35.0 Å². The van der Waals surface area contributed by atoms with Crippen LogP contribution in [0.15, 0.2) is 57.1 Å². The van der Waals surface area contributed by atoms with Crippen LogP contribution in [0.25, 0.3) is 5.65 Å². The van der Waals surface area contributed by atoms with Crippen molar-refractivity contribution in [3.8, 4) is 0 Å². The fourth-order valence-corrected chi connectivity index (χ4v) is 3.52. The molecule has 0 fully saturated rings. The molecule has 3 aromatic rings. The normalized spacial score (nSPS) is 11.1. The van der Waals surface area contributed by atoms with Gasteiger partial charge in [-0.2, -0.15) is 0 Å². The minimum Gasteiger partial charge on any atom is -0.313 e. The topological polar surface area (TPSA) is 42.2 Å². The first-order valence-electron chi connectivity index (χ1n) is 6.74. The average Bonchev–Trinajstić information content (AvgIpc) is 2.90. The summed E-state index contributed by atoms with van der Waals surface area (Å²) in [4.78, 5) is 1.14. The standard InChI is InChI=1S/C15H15BrN4S/c1-2-17-10-11-6-7-12(9-13(11)16)21-15-19-18-14-5-3-4-8-20(14)15/h3-9,17H,2,10H2,1H3. The zero-order valence-corrected chi connectivity index (χ0v) is 14.0. The van der Waals surface area contributed by atoms with Crippen LogP contribution in [-0.2, 0) is 6.54 Å². The van der Waals surface area contributed by atoms with Crippen LogP contribution in [-0.4, -0.2) is 21.1 Å². The van der Waals surface area contributed by atoms with Crippen molar-refractivity contribution in [1.29, 1.82) is 0 Å². The Bertz CT molecular complexity index is 756. The van der Waals surface area contributed by atoms with E-state index in [2.05, 4.69) is 56.6 Å². The third-order valence-corrected chi connectivity index (χ3v) is 4.77. The number of hydrogen-bond donors (Lipinski definition) is 1. The molecule has 0 saturated heterocycles. The maximum Gasteiger partial charge on any atom is 0.200 e. The molecule has 108 valence electrons. The summed E-state index contributed by atoms with van der Waals surface area (Å²) in [6.07, 6.45) is 1.98. The number of nitrogens with zero attached hydrogens (tertiary/aromatic N) is 3. The second kappa shape index (κ2) is 6.60. The summed E-state index contributed by atoms with van der Waals surface area (Å²) in [6.45, 7) is 3.94. The second-order valence-electron chi connectivity index (χ2n) is 4.55. The van der Waals surface area contributed by atoms with Gasteiger partial charge in [-0.05, 0) is 48.1 Å². The van der Waals surface area contributed by atoms with Crippen molar-refractivity contribution in [1.82, 2.24) is 19.9 Å². The van der Waals surface area contributed by atoms with Crippen molar-refractivity contribution in [2.75, 3.05) is 6.54 Å². The highest BCUT2D eigenvalue weighted by molar-refractivity contribution is 9.10. The first kappa shape index (κ1) is 14.6. The van der Waals surface area contributed by atoms with Crippen LogP contribution < -0.4 is 5.32 Å². The summed E-state index contributed by atoms with van der Waals surface area (Å²) in [5.41, 5.74) is 2.12. The van der Waals surface area contributed by atoms with E-state index < -0.39 is 0 Å². The van der Waals surface area contributed by atoms with Crippen LogP contribution in [0.4, 0.5) is 0 Å². The molecular weight excluding hydrogens is 348 g/mol. The van der Waals surface area contributed by atoms with E-state index in [1.165, 1.54) is 5.56 Å². The van der Waals surface area contributed by atoms with Crippen molar-refractivity contribution in [3.63, 3.8) is 0 Å². The third-order valence-electron chi connectivity index (χ3n) is 3.08. The molecule has 6 heteroatoms. The molecule has 0 aliphatic rings. The van der Waals surface area contributed by atoms with Crippen LogP contribution in [0.5, 0.6) is 0 Å². The van der Waals surface area contributed by atoms with E-state index in [9.17, 15) is 0 Å². The van der Waals surface area contributed by atoms with Crippen LogP contribution >= 0.6 is 27.7 Å². The first-order valence-corrected chi connectivity index (χ1v) is 8.35. The van der Waals surface area contributed by atoms with Gasteiger partial charge in [0.1, 0.15) is 0 Å². The number of rotatable bonds is 5. The Labute approximate surface area is 136 Å². The maximum atomic E-state index is 4.24. The number of fused-ring (bicyclic) bond motifs is 1. The quantitative estimate of drug-likeness (QED) is 0.750. The summed E-state index contributed by atoms with van der Waals surface area (Å²) in [5.74, 6) is 0. The average molecular weight is 363 g/mol. The van der Waals surface area contributed by atoms with E-state index in [0.717, 1.165) is 33.3 Å². The largest absolute Gasteiger partial charge is 0.313 e. The monoisotopic (exact) mass is 362 g/mol. The van der Waals surface area contributed by atoms with Gasteiger partial charge in [0.25, 0.3) is 0 Å². The summed E-state index contributed by atoms with van der Waals surface area (Å²) in [5, 5.41) is 12.6. The molecule has 0 saturated carbocycles. The molecule has 21 heavy (non-hydrogen) atoms. The van der Waals surface area contributed by atoms with Crippen molar-refractivity contribution in [2.45, 2.75) is 23.5 Å². The second-order valence-corrected chi connectivity index (χ2v) is 6.44. The molecule has 0 aliphatic heterocycles. The Hall–Kier alpha value is -1.37. The van der Waals surface area contributed by atoms with Gasteiger partial charge in [-0.3, -0.25) is 4.40 Å². The number of pyridine rings is 1. The predicted molar refractivity (Wildman–Crippen MR) is 88.6 cm³/mol. The van der Waals surface area contributed by atoms with E-state index in [1.807, 2.05) is 28.8 Å². The molecule has 0 unspecified atom stereocenters. The molecule has 0 spiro atoms. The van der Waals surface area contributed by atoms with Crippen LogP contribution in [0.2, 0.25) is 0 Å². The Kier molecular flexibility index (Phi) is 4.57. The smallest absolute Gasteiger partial charge is 0.200 e. The van der Waals surface area contributed by atoms with Gasteiger partial charge >= 0.3 is 0 Å². The first-order chi connectivity index (χ1) is 10.3. The number of benzene rings is 1. The molecule has 0 bridgehead atoms. The van der Waals surface area contributed by atoms with E-state index in [0.29, 0.717) is 0 Å². The van der Waals surface area contributed by atoms with Crippen LogP contribution in [0.1, 0.15) is 12.5 Å². The van der Waals surface area contributed by atoms with Gasteiger partial charge in [0.2, 0.25) is 0 Å². The lowest BCUT2D eigenvalue weighted by atomic mass is 10.2. The molecule has 1 aromatic carbocycles. The minimum absolute atomic E-state index is 0.864. The van der Waals surface area contributed by atoms with E-state index in [-0.39, 0.29) is 0 Å². The Morgan fingerprint density at radius 1 is 1.24 bits per heavy atom. The Balaban J connectivity index is 1.83. The van der Waals surface area contributed by atoms with E-state index in [1.54, 1.807) is 11.8 Å². The highest BCUT2D eigenvalue weighted by Gasteiger charge is 2.08. The number of hydrogen-bond acceptors (Lipinski definition) is 4. The lowest BCUT2D eigenvalue weighted by Crippen LogP contribution is -2.11. The zero-order valence-electron chi connectivity index (χ0n) is 11.6.